The fraction of sp³-hybridized carbons (Fsp3) is 0.200. The molecule has 0 atom stereocenters. The third-order valence-electron chi connectivity index (χ3n) is 3.84. The van der Waals surface area contributed by atoms with Crippen molar-refractivity contribution in [3.05, 3.63) is 76.7 Å². The summed E-state index contributed by atoms with van der Waals surface area (Å²) in [5.74, 6) is 0.0368. The number of carbonyl (C=O) groups is 1. The van der Waals surface area contributed by atoms with Gasteiger partial charge in [0.05, 0.1) is 0 Å². The minimum atomic E-state index is -0.458. The number of halogens is 1. The van der Waals surface area contributed by atoms with Gasteiger partial charge in [-0.2, -0.15) is 0 Å². The van der Waals surface area contributed by atoms with E-state index in [9.17, 15) is 9.18 Å². The van der Waals surface area contributed by atoms with Crippen molar-refractivity contribution in [1.82, 2.24) is 0 Å². The van der Waals surface area contributed by atoms with Gasteiger partial charge in [-0.25, -0.2) is 14.2 Å². The van der Waals surface area contributed by atoms with E-state index >= 15 is 0 Å². The highest BCUT2D eigenvalue weighted by Gasteiger charge is 2.22. The summed E-state index contributed by atoms with van der Waals surface area (Å²) >= 11 is 0. The van der Waals surface area contributed by atoms with Crippen LogP contribution in [0.5, 0.6) is 0 Å². The fourth-order valence-electron chi connectivity index (χ4n) is 2.44. The van der Waals surface area contributed by atoms with Gasteiger partial charge >= 0.3 is 5.97 Å². The Labute approximate surface area is 140 Å². The zero-order valence-corrected chi connectivity index (χ0v) is 13.6. The predicted molar refractivity (Wildman–Crippen MR) is 92.1 cm³/mol. The molecule has 1 aliphatic heterocycles. The van der Waals surface area contributed by atoms with E-state index in [1.54, 1.807) is 18.2 Å². The van der Waals surface area contributed by atoms with Crippen LogP contribution in [0.25, 0.3) is 6.08 Å². The first-order chi connectivity index (χ1) is 11.5. The first-order valence-electron chi connectivity index (χ1n) is 7.87. The second-order valence-electron chi connectivity index (χ2n) is 6.05. The summed E-state index contributed by atoms with van der Waals surface area (Å²) in [6, 6.07) is 14.1. The maximum Gasteiger partial charge on any atom is 0.363 e. The van der Waals surface area contributed by atoms with Crippen LogP contribution in [0.3, 0.4) is 0 Å². The molecule has 3 nitrogen and oxygen atoms in total. The monoisotopic (exact) mass is 323 g/mol. The molecular formula is C20H18FNO2. The van der Waals surface area contributed by atoms with Crippen LogP contribution in [0.15, 0.2) is 59.2 Å². The molecule has 0 bridgehead atoms. The Balaban J connectivity index is 1.76. The minimum Gasteiger partial charge on any atom is -0.406 e. The number of cyclic esters (lactones) is 1. The number of hydrogen-bond acceptors (Lipinski definition) is 3. The van der Waals surface area contributed by atoms with Crippen LogP contribution in [0.1, 0.15) is 36.5 Å². The quantitative estimate of drug-likeness (QED) is 0.614. The second kappa shape index (κ2) is 6.79. The van der Waals surface area contributed by atoms with E-state index in [0.717, 1.165) is 11.1 Å². The second-order valence-corrected chi connectivity index (χ2v) is 6.05. The number of hydrogen-bond donors (Lipinski definition) is 0. The predicted octanol–water partition coefficient (Wildman–Crippen LogP) is 4.49. The summed E-state index contributed by atoms with van der Waals surface area (Å²) in [6.45, 7) is 4.27. The van der Waals surface area contributed by atoms with Gasteiger partial charge in [-0.1, -0.05) is 50.2 Å². The van der Waals surface area contributed by atoms with Crippen LogP contribution in [0.2, 0.25) is 0 Å². The van der Waals surface area contributed by atoms with Gasteiger partial charge in [-0.3, -0.25) is 0 Å². The summed E-state index contributed by atoms with van der Waals surface area (Å²) in [5, 5.41) is 0. The summed E-state index contributed by atoms with van der Waals surface area (Å²) < 4.78 is 18.1. The average molecular weight is 323 g/mol. The molecule has 1 heterocycles. The summed E-state index contributed by atoms with van der Waals surface area (Å²) in [4.78, 5) is 16.2. The van der Waals surface area contributed by atoms with E-state index < -0.39 is 5.97 Å². The molecule has 0 saturated carbocycles. The third kappa shape index (κ3) is 3.77. The van der Waals surface area contributed by atoms with Crippen LogP contribution in [0.4, 0.5) is 4.39 Å². The Bertz CT molecular complexity index is 803. The van der Waals surface area contributed by atoms with Crippen LogP contribution in [0, 0.1) is 5.82 Å². The van der Waals surface area contributed by atoms with Crippen LogP contribution in [-0.2, 0) is 16.0 Å². The molecule has 0 aliphatic carbocycles. The number of benzene rings is 2. The Morgan fingerprint density at radius 1 is 1.08 bits per heavy atom. The number of aliphatic imine (C=N–C) groups is 1. The number of rotatable bonds is 4. The first kappa shape index (κ1) is 16.1. The van der Waals surface area contributed by atoms with Crippen molar-refractivity contribution < 1.29 is 13.9 Å². The number of nitrogens with zero attached hydrogens (tertiary/aromatic N) is 1. The smallest absolute Gasteiger partial charge is 0.363 e. The highest BCUT2D eigenvalue weighted by molar-refractivity contribution is 6.07. The maximum absolute atomic E-state index is 12.9. The van der Waals surface area contributed by atoms with Gasteiger partial charge in [0, 0.05) is 6.42 Å². The third-order valence-corrected chi connectivity index (χ3v) is 3.84. The lowest BCUT2D eigenvalue weighted by atomic mass is 10.0. The molecule has 0 N–H and O–H groups in total. The van der Waals surface area contributed by atoms with Crippen LogP contribution < -0.4 is 0 Å². The first-order valence-corrected chi connectivity index (χ1v) is 7.87. The Morgan fingerprint density at radius 2 is 1.75 bits per heavy atom. The van der Waals surface area contributed by atoms with E-state index in [1.807, 2.05) is 24.3 Å². The molecule has 0 spiro atoms. The van der Waals surface area contributed by atoms with E-state index in [4.69, 9.17) is 4.74 Å². The van der Waals surface area contributed by atoms with Gasteiger partial charge in [0.15, 0.2) is 5.70 Å². The molecular weight excluding hydrogens is 305 g/mol. The van der Waals surface area contributed by atoms with Gasteiger partial charge in [-0.05, 0) is 40.8 Å². The lowest BCUT2D eigenvalue weighted by Crippen LogP contribution is -2.06. The summed E-state index contributed by atoms with van der Waals surface area (Å²) in [6.07, 6.45) is 2.07. The van der Waals surface area contributed by atoms with Gasteiger partial charge in [0.25, 0.3) is 0 Å². The van der Waals surface area contributed by atoms with Crippen molar-refractivity contribution in [3.63, 3.8) is 0 Å². The largest absolute Gasteiger partial charge is 0.406 e. The van der Waals surface area contributed by atoms with E-state index in [1.165, 1.54) is 17.7 Å². The summed E-state index contributed by atoms with van der Waals surface area (Å²) in [5.41, 5.74) is 3.26. The average Bonchev–Trinajstić information content (AvgIpc) is 2.89. The Hall–Kier alpha value is -2.75. The van der Waals surface area contributed by atoms with E-state index in [0.29, 0.717) is 18.2 Å². The molecule has 122 valence electrons. The molecule has 0 amide bonds. The van der Waals surface area contributed by atoms with Crippen molar-refractivity contribution in [2.75, 3.05) is 0 Å². The summed E-state index contributed by atoms with van der Waals surface area (Å²) in [7, 11) is 0. The van der Waals surface area contributed by atoms with Gasteiger partial charge in [0.1, 0.15) is 5.82 Å². The normalized spacial score (nSPS) is 15.8. The lowest BCUT2D eigenvalue weighted by molar-refractivity contribution is -0.130. The molecule has 3 rings (SSSR count). The number of esters is 1. The van der Waals surface area contributed by atoms with Crippen molar-refractivity contribution in [1.29, 1.82) is 0 Å². The molecule has 1 aliphatic rings. The van der Waals surface area contributed by atoms with Gasteiger partial charge in [0.2, 0.25) is 5.90 Å². The zero-order chi connectivity index (χ0) is 17.1. The van der Waals surface area contributed by atoms with Crippen molar-refractivity contribution in [2.45, 2.75) is 26.2 Å². The Morgan fingerprint density at radius 3 is 2.38 bits per heavy atom. The van der Waals surface area contributed by atoms with Gasteiger partial charge < -0.3 is 4.74 Å². The van der Waals surface area contributed by atoms with Crippen molar-refractivity contribution in [2.24, 2.45) is 4.99 Å². The molecule has 0 unspecified atom stereocenters. The highest BCUT2D eigenvalue weighted by atomic mass is 19.1. The standard InChI is InChI=1S/C20H18FNO2/c1-13(2)16-7-3-14(4-8-16)11-18-20(23)24-19(22-18)12-15-5-9-17(21)10-6-15/h3-11,13H,12H2,1-2H3/b18-11+. The minimum absolute atomic E-state index is 0.282. The molecule has 24 heavy (non-hydrogen) atoms. The lowest BCUT2D eigenvalue weighted by Gasteiger charge is -2.04. The molecule has 2 aromatic rings. The van der Waals surface area contributed by atoms with Crippen molar-refractivity contribution in [3.8, 4) is 0 Å². The van der Waals surface area contributed by atoms with Crippen LogP contribution >= 0.6 is 0 Å². The number of ether oxygens (including phenoxy) is 1. The molecule has 0 fully saturated rings. The molecule has 4 heteroatoms. The van der Waals surface area contributed by atoms with Crippen molar-refractivity contribution >= 4 is 17.9 Å². The van der Waals surface area contributed by atoms with E-state index in [2.05, 4.69) is 18.8 Å². The van der Waals surface area contributed by atoms with E-state index in [-0.39, 0.29) is 11.5 Å². The molecule has 0 aromatic heterocycles. The molecule has 2 aromatic carbocycles. The van der Waals surface area contributed by atoms with Crippen LogP contribution in [-0.4, -0.2) is 11.9 Å². The van der Waals surface area contributed by atoms with Gasteiger partial charge in [-0.15, -0.1) is 0 Å². The highest BCUT2D eigenvalue weighted by Crippen LogP contribution is 2.20. The molecule has 0 radical (unpaired) electrons. The Kier molecular flexibility index (Phi) is 4.56. The fourth-order valence-corrected chi connectivity index (χ4v) is 2.44. The SMILES string of the molecule is CC(C)c1ccc(/C=C2/N=C(Cc3ccc(F)cc3)OC2=O)cc1. The topological polar surface area (TPSA) is 38.7 Å². The maximum atomic E-state index is 12.9. The number of carbonyl (C=O) groups excluding carboxylic acids is 1. The zero-order valence-electron chi connectivity index (χ0n) is 13.6. The molecule has 0 saturated heterocycles.